The Morgan fingerprint density at radius 1 is 1.09 bits per heavy atom. The molecule has 3 unspecified atom stereocenters. The van der Waals surface area contributed by atoms with E-state index in [0.29, 0.717) is 35.1 Å². The van der Waals surface area contributed by atoms with E-state index in [1.807, 2.05) is 43.3 Å². The Balaban J connectivity index is 1.53. The SMILES string of the molecule is COc1ccc(CC2NC(=O)c3c(C)nc(C(CCCc4ccccc4)C(C)O)n3N2)cc1OC. The summed E-state index contributed by atoms with van der Waals surface area (Å²) < 4.78 is 12.5. The van der Waals surface area contributed by atoms with Crippen LogP contribution in [0.15, 0.2) is 48.5 Å². The van der Waals surface area contributed by atoms with Gasteiger partial charge in [-0.05, 0) is 56.4 Å². The number of carbonyl (C=O) groups excluding carboxylic acids is 1. The van der Waals surface area contributed by atoms with Crippen molar-refractivity contribution >= 4 is 5.91 Å². The van der Waals surface area contributed by atoms with Crippen molar-refractivity contribution < 1.29 is 19.4 Å². The molecule has 0 saturated carbocycles. The zero-order valence-corrected chi connectivity index (χ0v) is 20.7. The van der Waals surface area contributed by atoms with Crippen LogP contribution in [0.25, 0.3) is 0 Å². The first-order valence-electron chi connectivity index (χ1n) is 12.0. The standard InChI is InChI=1S/C27H34N4O4/c1-17-25-27(33)29-24(16-20-13-14-22(34-3)23(15-20)35-4)30-31(25)26(28-17)21(18(2)32)12-8-11-19-9-6-5-7-10-19/h5-7,9-10,13-15,18,21,24,30,32H,8,11-12,16H2,1-4H3,(H,29,33). The maximum atomic E-state index is 13.0. The molecule has 3 atom stereocenters. The van der Waals surface area contributed by atoms with Gasteiger partial charge >= 0.3 is 0 Å². The van der Waals surface area contributed by atoms with E-state index in [-0.39, 0.29) is 18.0 Å². The minimum Gasteiger partial charge on any atom is -0.493 e. The van der Waals surface area contributed by atoms with Gasteiger partial charge in [0.2, 0.25) is 0 Å². The molecule has 0 spiro atoms. The highest BCUT2D eigenvalue weighted by Gasteiger charge is 2.33. The van der Waals surface area contributed by atoms with Gasteiger partial charge < -0.3 is 25.3 Å². The maximum absolute atomic E-state index is 13.0. The van der Waals surface area contributed by atoms with Gasteiger partial charge in [0.05, 0.1) is 26.0 Å². The third-order valence-electron chi connectivity index (χ3n) is 6.51. The second-order valence-corrected chi connectivity index (χ2v) is 9.01. The summed E-state index contributed by atoms with van der Waals surface area (Å²) in [6, 6.07) is 16.0. The number of methoxy groups -OCH3 is 2. The van der Waals surface area contributed by atoms with Gasteiger partial charge in [0, 0.05) is 12.3 Å². The van der Waals surface area contributed by atoms with Crippen molar-refractivity contribution in [3.05, 3.63) is 76.9 Å². The number of aliphatic hydroxyl groups excluding tert-OH is 1. The lowest BCUT2D eigenvalue weighted by molar-refractivity contribution is 0.0911. The fraction of sp³-hybridized carbons (Fsp3) is 0.407. The molecular formula is C27H34N4O4. The van der Waals surface area contributed by atoms with E-state index >= 15 is 0 Å². The number of amides is 1. The largest absolute Gasteiger partial charge is 0.493 e. The van der Waals surface area contributed by atoms with E-state index in [2.05, 4.69) is 22.9 Å². The minimum absolute atomic E-state index is 0.181. The fourth-order valence-electron chi connectivity index (χ4n) is 4.71. The summed E-state index contributed by atoms with van der Waals surface area (Å²) in [4.78, 5) is 17.7. The summed E-state index contributed by atoms with van der Waals surface area (Å²) in [5.74, 6) is 1.60. The zero-order chi connectivity index (χ0) is 24.9. The monoisotopic (exact) mass is 478 g/mol. The number of aliphatic hydroxyl groups is 1. The van der Waals surface area contributed by atoms with Gasteiger partial charge in [-0.25, -0.2) is 9.66 Å². The Hall–Kier alpha value is -3.52. The molecule has 0 radical (unpaired) electrons. The van der Waals surface area contributed by atoms with Crippen LogP contribution >= 0.6 is 0 Å². The molecule has 0 fully saturated rings. The molecule has 3 aromatic rings. The van der Waals surface area contributed by atoms with Crippen molar-refractivity contribution in [1.29, 1.82) is 0 Å². The number of nitrogens with one attached hydrogen (secondary N) is 2. The average Bonchev–Trinajstić information content (AvgIpc) is 3.18. The second kappa shape index (κ2) is 10.8. The van der Waals surface area contributed by atoms with Crippen LogP contribution in [0, 0.1) is 6.92 Å². The number of fused-ring (bicyclic) bond motifs is 1. The van der Waals surface area contributed by atoms with Crippen LogP contribution in [0.1, 0.15) is 58.8 Å². The lowest BCUT2D eigenvalue weighted by Gasteiger charge is -2.31. The van der Waals surface area contributed by atoms with E-state index < -0.39 is 6.10 Å². The minimum atomic E-state index is -0.604. The first-order chi connectivity index (χ1) is 16.9. The molecule has 1 amide bonds. The number of nitrogens with zero attached hydrogens (tertiary/aromatic N) is 2. The first-order valence-corrected chi connectivity index (χ1v) is 12.0. The topological polar surface area (TPSA) is 97.6 Å². The molecule has 0 saturated heterocycles. The Morgan fingerprint density at radius 2 is 1.83 bits per heavy atom. The smallest absolute Gasteiger partial charge is 0.273 e. The Labute approximate surface area is 206 Å². The molecule has 1 aromatic heterocycles. The molecule has 0 bridgehead atoms. The van der Waals surface area contributed by atoms with Gasteiger partial charge in [-0.15, -0.1) is 0 Å². The lowest BCUT2D eigenvalue weighted by atomic mass is 9.94. The van der Waals surface area contributed by atoms with E-state index in [0.717, 1.165) is 24.8 Å². The third kappa shape index (κ3) is 5.43. The van der Waals surface area contributed by atoms with Gasteiger partial charge in [0.25, 0.3) is 5.91 Å². The number of aromatic nitrogens is 2. The number of hydrogen-bond acceptors (Lipinski definition) is 6. The molecule has 1 aliphatic heterocycles. The molecule has 0 aliphatic carbocycles. The highest BCUT2D eigenvalue weighted by Crippen LogP contribution is 2.30. The molecule has 2 aromatic carbocycles. The third-order valence-corrected chi connectivity index (χ3v) is 6.51. The van der Waals surface area contributed by atoms with E-state index in [1.165, 1.54) is 5.56 Å². The Kier molecular flexibility index (Phi) is 7.60. The van der Waals surface area contributed by atoms with E-state index in [9.17, 15) is 9.90 Å². The average molecular weight is 479 g/mol. The molecule has 35 heavy (non-hydrogen) atoms. The van der Waals surface area contributed by atoms with Crippen LogP contribution < -0.4 is 20.2 Å². The number of carbonyl (C=O) groups is 1. The van der Waals surface area contributed by atoms with Gasteiger partial charge in [-0.1, -0.05) is 36.4 Å². The number of aryl methyl sites for hydroxylation is 2. The first kappa shape index (κ1) is 24.6. The predicted octanol–water partition coefficient (Wildman–Crippen LogP) is 3.55. The number of rotatable bonds is 10. The van der Waals surface area contributed by atoms with E-state index in [4.69, 9.17) is 14.5 Å². The van der Waals surface area contributed by atoms with Crippen molar-refractivity contribution in [3.8, 4) is 11.5 Å². The number of imidazole rings is 1. The Morgan fingerprint density at radius 3 is 2.51 bits per heavy atom. The number of benzene rings is 2. The van der Waals surface area contributed by atoms with E-state index in [1.54, 1.807) is 25.8 Å². The highest BCUT2D eigenvalue weighted by atomic mass is 16.5. The summed E-state index contributed by atoms with van der Waals surface area (Å²) >= 11 is 0. The number of hydrogen-bond donors (Lipinski definition) is 3. The van der Waals surface area contributed by atoms with Crippen LogP contribution in [0.4, 0.5) is 0 Å². The van der Waals surface area contributed by atoms with Gasteiger partial charge in [0.1, 0.15) is 12.0 Å². The maximum Gasteiger partial charge on any atom is 0.273 e. The van der Waals surface area contributed by atoms with Gasteiger partial charge in [-0.3, -0.25) is 4.79 Å². The summed E-state index contributed by atoms with van der Waals surface area (Å²) in [6.45, 7) is 3.61. The van der Waals surface area contributed by atoms with Gasteiger partial charge in [0.15, 0.2) is 17.2 Å². The predicted molar refractivity (Wildman–Crippen MR) is 135 cm³/mol. The van der Waals surface area contributed by atoms with Crippen molar-refractivity contribution in [2.24, 2.45) is 0 Å². The van der Waals surface area contributed by atoms with Crippen LogP contribution in [-0.2, 0) is 12.8 Å². The zero-order valence-electron chi connectivity index (χ0n) is 20.7. The molecule has 186 valence electrons. The molecule has 3 N–H and O–H groups in total. The van der Waals surface area contributed by atoms with Crippen LogP contribution in [0.3, 0.4) is 0 Å². The summed E-state index contributed by atoms with van der Waals surface area (Å²) in [7, 11) is 3.20. The van der Waals surface area contributed by atoms with Crippen LogP contribution in [0.2, 0.25) is 0 Å². The highest BCUT2D eigenvalue weighted by molar-refractivity contribution is 5.95. The Bertz CT molecular complexity index is 1160. The normalized spacial score (nSPS) is 16.6. The van der Waals surface area contributed by atoms with Crippen LogP contribution in [-0.4, -0.2) is 47.2 Å². The van der Waals surface area contributed by atoms with Gasteiger partial charge in [-0.2, -0.15) is 0 Å². The van der Waals surface area contributed by atoms with Crippen molar-refractivity contribution in [2.75, 3.05) is 19.6 Å². The summed E-state index contributed by atoms with van der Waals surface area (Å²) in [5, 5.41) is 13.7. The molecule has 8 nitrogen and oxygen atoms in total. The summed E-state index contributed by atoms with van der Waals surface area (Å²) in [5.41, 5.74) is 6.79. The molecular weight excluding hydrogens is 444 g/mol. The molecule has 8 heteroatoms. The van der Waals surface area contributed by atoms with Crippen LogP contribution in [0.5, 0.6) is 11.5 Å². The van der Waals surface area contributed by atoms with Crippen molar-refractivity contribution in [3.63, 3.8) is 0 Å². The van der Waals surface area contributed by atoms with Crippen molar-refractivity contribution in [2.45, 2.75) is 57.7 Å². The van der Waals surface area contributed by atoms with Crippen molar-refractivity contribution in [1.82, 2.24) is 15.0 Å². The molecule has 1 aliphatic rings. The number of ether oxygens (including phenoxy) is 2. The summed E-state index contributed by atoms with van der Waals surface area (Å²) in [6.07, 6.45) is 2.17. The molecule has 4 rings (SSSR count). The lowest BCUT2D eigenvalue weighted by Crippen LogP contribution is -2.52. The second-order valence-electron chi connectivity index (χ2n) is 9.01. The fourth-order valence-corrected chi connectivity index (χ4v) is 4.71. The quantitative estimate of drug-likeness (QED) is 0.412. The molecule has 2 heterocycles.